The lowest BCUT2D eigenvalue weighted by Gasteiger charge is -2.32. The Morgan fingerprint density at radius 3 is 2.28 bits per heavy atom. The quantitative estimate of drug-likeness (QED) is 0.404. The zero-order valence-electron chi connectivity index (χ0n) is 14.6. The number of nitrogens with one attached hydrogen (secondary N) is 2. The predicted molar refractivity (Wildman–Crippen MR) is 92.1 cm³/mol. The highest BCUT2D eigenvalue weighted by Gasteiger charge is 2.25. The average molecular weight is 350 g/mol. The van der Waals surface area contributed by atoms with Crippen LogP contribution in [0.4, 0.5) is 0 Å². The fraction of sp³-hybridized carbons (Fsp3) is 0.529. The predicted octanol–water partition coefficient (Wildman–Crippen LogP) is -0.581. The van der Waals surface area contributed by atoms with Gasteiger partial charge in [-0.15, -0.1) is 0 Å². The second-order valence-corrected chi connectivity index (χ2v) is 6.44. The van der Waals surface area contributed by atoms with Crippen molar-refractivity contribution in [3.05, 3.63) is 35.4 Å². The summed E-state index contributed by atoms with van der Waals surface area (Å²) in [5.41, 5.74) is 2.94. The fourth-order valence-corrected chi connectivity index (χ4v) is 2.73. The van der Waals surface area contributed by atoms with Gasteiger partial charge in [0.05, 0.1) is 6.10 Å². The van der Waals surface area contributed by atoms with Crippen molar-refractivity contribution in [3.63, 3.8) is 0 Å². The molecule has 0 spiro atoms. The van der Waals surface area contributed by atoms with E-state index in [1.54, 1.807) is 12.1 Å². The minimum Gasteiger partial charge on any atom is -0.391 e. The molecule has 1 aromatic carbocycles. The van der Waals surface area contributed by atoms with Gasteiger partial charge >= 0.3 is 0 Å². The van der Waals surface area contributed by atoms with Crippen LogP contribution in [-0.4, -0.2) is 77.3 Å². The van der Waals surface area contributed by atoms with Crippen molar-refractivity contribution in [1.82, 2.24) is 20.6 Å². The van der Waals surface area contributed by atoms with Gasteiger partial charge in [0.2, 0.25) is 0 Å². The summed E-state index contributed by atoms with van der Waals surface area (Å²) < 4.78 is 0. The molecule has 1 aromatic rings. The van der Waals surface area contributed by atoms with Gasteiger partial charge in [-0.3, -0.25) is 19.7 Å². The normalized spacial score (nSPS) is 18.4. The van der Waals surface area contributed by atoms with Crippen LogP contribution in [0.3, 0.4) is 0 Å². The number of carbonyl (C=O) groups excluding carboxylic acids is 2. The standard InChI is InChI=1S/C17H26N4O4/c1-12(22)15(17(24)19-25)18-16(23)14-5-3-13(4-6-14)11-21-9-7-20(2)8-10-21/h3-6,12,15,22,25H,7-11H2,1-2H3,(H,18,23)(H,19,24). The largest absolute Gasteiger partial charge is 0.391 e. The Labute approximate surface area is 147 Å². The van der Waals surface area contributed by atoms with Crippen molar-refractivity contribution in [2.24, 2.45) is 0 Å². The summed E-state index contributed by atoms with van der Waals surface area (Å²) in [6, 6.07) is 5.93. The molecule has 1 aliphatic rings. The number of benzene rings is 1. The van der Waals surface area contributed by atoms with Crippen LogP contribution in [-0.2, 0) is 11.3 Å². The van der Waals surface area contributed by atoms with Gasteiger partial charge in [0.1, 0.15) is 6.04 Å². The number of hydroxylamine groups is 1. The molecular weight excluding hydrogens is 324 g/mol. The Kier molecular flexibility index (Phi) is 6.89. The molecule has 2 amide bonds. The van der Waals surface area contributed by atoms with Crippen LogP contribution in [0.15, 0.2) is 24.3 Å². The van der Waals surface area contributed by atoms with Crippen molar-refractivity contribution in [2.45, 2.75) is 25.6 Å². The summed E-state index contributed by atoms with van der Waals surface area (Å²) in [6.45, 7) is 6.33. The molecule has 0 aromatic heterocycles. The first-order valence-corrected chi connectivity index (χ1v) is 8.33. The smallest absolute Gasteiger partial charge is 0.268 e. The van der Waals surface area contributed by atoms with Crippen LogP contribution >= 0.6 is 0 Å². The zero-order valence-corrected chi connectivity index (χ0v) is 14.6. The Morgan fingerprint density at radius 1 is 1.16 bits per heavy atom. The first-order valence-electron chi connectivity index (χ1n) is 8.33. The summed E-state index contributed by atoms with van der Waals surface area (Å²) in [6.07, 6.45) is -1.13. The lowest BCUT2D eigenvalue weighted by molar-refractivity contribution is -0.133. The third kappa shape index (κ3) is 5.50. The van der Waals surface area contributed by atoms with Gasteiger partial charge < -0.3 is 15.3 Å². The molecule has 1 heterocycles. The first kappa shape index (κ1) is 19.3. The Bertz CT molecular complexity index is 583. The van der Waals surface area contributed by atoms with Crippen LogP contribution in [0.1, 0.15) is 22.8 Å². The van der Waals surface area contributed by atoms with Crippen LogP contribution in [0.2, 0.25) is 0 Å². The molecule has 0 saturated carbocycles. The Balaban J connectivity index is 1.94. The van der Waals surface area contributed by atoms with Gasteiger partial charge in [-0.05, 0) is 31.7 Å². The van der Waals surface area contributed by atoms with E-state index in [0.29, 0.717) is 5.56 Å². The number of aliphatic hydroxyl groups is 1. The number of amides is 2. The van der Waals surface area contributed by atoms with Gasteiger partial charge in [0, 0.05) is 38.3 Å². The number of hydrogen-bond donors (Lipinski definition) is 4. The number of nitrogens with zero attached hydrogens (tertiary/aromatic N) is 2. The van der Waals surface area contributed by atoms with E-state index in [-0.39, 0.29) is 0 Å². The number of likely N-dealkylation sites (N-methyl/N-ethyl adjacent to an activating group) is 1. The Morgan fingerprint density at radius 2 is 1.76 bits per heavy atom. The molecule has 1 fully saturated rings. The fourth-order valence-electron chi connectivity index (χ4n) is 2.73. The first-order chi connectivity index (χ1) is 11.9. The van der Waals surface area contributed by atoms with Gasteiger partial charge in [-0.2, -0.15) is 0 Å². The number of aliphatic hydroxyl groups excluding tert-OH is 1. The molecule has 0 aliphatic carbocycles. The number of hydrogen-bond acceptors (Lipinski definition) is 6. The van der Waals surface area contributed by atoms with Crippen molar-refractivity contribution in [3.8, 4) is 0 Å². The molecule has 8 nitrogen and oxygen atoms in total. The summed E-state index contributed by atoms with van der Waals surface area (Å²) in [5, 5.41) is 20.6. The molecule has 2 rings (SSSR count). The van der Waals surface area contributed by atoms with E-state index in [1.165, 1.54) is 12.4 Å². The van der Waals surface area contributed by atoms with Gasteiger partial charge in [-0.25, -0.2) is 5.48 Å². The number of rotatable bonds is 6. The summed E-state index contributed by atoms with van der Waals surface area (Å²) in [7, 11) is 2.11. The van der Waals surface area contributed by atoms with Crippen LogP contribution < -0.4 is 10.8 Å². The molecule has 8 heteroatoms. The maximum absolute atomic E-state index is 12.2. The van der Waals surface area contributed by atoms with Crippen LogP contribution in [0.5, 0.6) is 0 Å². The van der Waals surface area contributed by atoms with Crippen LogP contribution in [0.25, 0.3) is 0 Å². The molecule has 2 atom stereocenters. The zero-order chi connectivity index (χ0) is 18.4. The van der Waals surface area contributed by atoms with Crippen molar-refractivity contribution < 1.29 is 19.9 Å². The monoisotopic (exact) mass is 350 g/mol. The molecule has 4 N–H and O–H groups in total. The molecule has 0 radical (unpaired) electrons. The molecule has 2 unspecified atom stereocenters. The second-order valence-electron chi connectivity index (χ2n) is 6.44. The molecular formula is C17H26N4O4. The van der Waals surface area contributed by atoms with E-state index < -0.39 is 24.0 Å². The van der Waals surface area contributed by atoms with E-state index in [0.717, 1.165) is 38.3 Å². The van der Waals surface area contributed by atoms with E-state index in [1.807, 2.05) is 12.1 Å². The van der Waals surface area contributed by atoms with E-state index in [4.69, 9.17) is 5.21 Å². The summed E-state index contributed by atoms with van der Waals surface area (Å²) in [4.78, 5) is 28.4. The number of piperazine rings is 1. The third-order valence-corrected chi connectivity index (χ3v) is 4.38. The molecule has 1 aliphatic heterocycles. The van der Waals surface area contributed by atoms with Crippen molar-refractivity contribution in [2.75, 3.05) is 33.2 Å². The highest BCUT2D eigenvalue weighted by molar-refractivity contribution is 5.97. The van der Waals surface area contributed by atoms with Crippen molar-refractivity contribution in [1.29, 1.82) is 0 Å². The Hall–Kier alpha value is -2.00. The summed E-state index contributed by atoms with van der Waals surface area (Å²) in [5.74, 6) is -1.35. The van der Waals surface area contributed by atoms with Gasteiger partial charge in [0.25, 0.3) is 11.8 Å². The van der Waals surface area contributed by atoms with Gasteiger partial charge in [0.15, 0.2) is 0 Å². The third-order valence-electron chi connectivity index (χ3n) is 4.38. The van der Waals surface area contributed by atoms with Crippen LogP contribution in [0, 0.1) is 0 Å². The second kappa shape index (κ2) is 8.91. The number of carbonyl (C=O) groups is 2. The van der Waals surface area contributed by atoms with E-state index in [9.17, 15) is 14.7 Å². The maximum Gasteiger partial charge on any atom is 0.268 e. The molecule has 0 bridgehead atoms. The minimum atomic E-state index is -1.22. The molecule has 1 saturated heterocycles. The molecule has 138 valence electrons. The van der Waals surface area contributed by atoms with E-state index >= 15 is 0 Å². The lowest BCUT2D eigenvalue weighted by atomic mass is 10.1. The lowest BCUT2D eigenvalue weighted by Crippen LogP contribution is -2.51. The highest BCUT2D eigenvalue weighted by Crippen LogP contribution is 2.10. The van der Waals surface area contributed by atoms with E-state index in [2.05, 4.69) is 22.2 Å². The maximum atomic E-state index is 12.2. The highest BCUT2D eigenvalue weighted by atomic mass is 16.5. The SMILES string of the molecule is CC(O)C(NC(=O)c1ccc(CN2CCN(C)CC2)cc1)C(=O)NO. The van der Waals surface area contributed by atoms with Crippen molar-refractivity contribution >= 4 is 11.8 Å². The molecule has 25 heavy (non-hydrogen) atoms. The average Bonchev–Trinajstić information content (AvgIpc) is 2.61. The minimum absolute atomic E-state index is 0.388. The summed E-state index contributed by atoms with van der Waals surface area (Å²) >= 11 is 0. The topological polar surface area (TPSA) is 105 Å². The van der Waals surface area contributed by atoms with Gasteiger partial charge in [-0.1, -0.05) is 12.1 Å².